The number of esters is 1. The summed E-state index contributed by atoms with van der Waals surface area (Å²) in [4.78, 5) is 26.5. The third kappa shape index (κ3) is 6.33. The summed E-state index contributed by atoms with van der Waals surface area (Å²) >= 11 is 1.34. The molecule has 0 aliphatic heterocycles. The lowest BCUT2D eigenvalue weighted by Gasteiger charge is -2.13. The number of nitrogens with one attached hydrogen (secondary N) is 1. The number of carbonyl (C=O) groups is 2. The molecule has 0 aliphatic carbocycles. The van der Waals surface area contributed by atoms with E-state index in [1.165, 1.54) is 11.8 Å². The zero-order valence-electron chi connectivity index (χ0n) is 15.0. The van der Waals surface area contributed by atoms with Gasteiger partial charge in [-0.25, -0.2) is 0 Å². The van der Waals surface area contributed by atoms with Gasteiger partial charge in [0, 0.05) is 30.4 Å². The molecule has 0 heterocycles. The highest BCUT2D eigenvalue weighted by Gasteiger charge is 2.09. The van der Waals surface area contributed by atoms with Crippen LogP contribution in [-0.4, -0.2) is 45.4 Å². The topological polar surface area (TPSA) is 67.9 Å². The van der Waals surface area contributed by atoms with E-state index in [-0.39, 0.29) is 18.3 Å². The summed E-state index contributed by atoms with van der Waals surface area (Å²) in [6.07, 6.45) is 0. The Bertz CT molecular complexity index is 730. The summed E-state index contributed by atoms with van der Waals surface area (Å²) in [6.45, 7) is -0.308. The highest BCUT2D eigenvalue weighted by molar-refractivity contribution is 8.00. The predicted molar refractivity (Wildman–Crippen MR) is 104 cm³/mol. The summed E-state index contributed by atoms with van der Waals surface area (Å²) in [6, 6.07) is 14.8. The quantitative estimate of drug-likeness (QED) is 0.566. The lowest BCUT2D eigenvalue weighted by molar-refractivity contribution is -0.144. The molecule has 0 fully saturated rings. The zero-order valence-corrected chi connectivity index (χ0v) is 15.8. The standard InChI is InChI=1S/C19H22N2O4S/c1-21(2)15-6-4-14(5-7-15)20-18(22)12-25-19(23)13-26-17-10-8-16(24-3)9-11-17/h4-11H,12-13H2,1-3H3,(H,20,22). The lowest BCUT2D eigenvalue weighted by atomic mass is 10.2. The van der Waals surface area contributed by atoms with Crippen LogP contribution in [0, 0.1) is 0 Å². The number of nitrogens with zero attached hydrogens (tertiary/aromatic N) is 1. The highest BCUT2D eigenvalue weighted by Crippen LogP contribution is 2.21. The first-order valence-corrected chi connectivity index (χ1v) is 8.96. The molecule has 6 nitrogen and oxygen atoms in total. The minimum absolute atomic E-state index is 0.136. The van der Waals surface area contributed by atoms with Gasteiger partial charge in [-0.1, -0.05) is 0 Å². The van der Waals surface area contributed by atoms with Crippen molar-refractivity contribution in [3.63, 3.8) is 0 Å². The van der Waals surface area contributed by atoms with Gasteiger partial charge < -0.3 is 19.7 Å². The maximum atomic E-state index is 11.9. The summed E-state index contributed by atoms with van der Waals surface area (Å²) in [5.41, 5.74) is 1.69. The Morgan fingerprint density at radius 1 is 1.04 bits per heavy atom. The van der Waals surface area contributed by atoms with Gasteiger partial charge in [-0.05, 0) is 48.5 Å². The molecule has 138 valence electrons. The van der Waals surface area contributed by atoms with E-state index in [1.807, 2.05) is 55.4 Å². The van der Waals surface area contributed by atoms with Crippen molar-refractivity contribution < 1.29 is 19.1 Å². The fraction of sp³-hybridized carbons (Fsp3) is 0.263. The number of hydrogen-bond acceptors (Lipinski definition) is 6. The van der Waals surface area contributed by atoms with Crippen LogP contribution >= 0.6 is 11.8 Å². The summed E-state index contributed by atoms with van der Waals surface area (Å²) in [7, 11) is 5.48. The second-order valence-electron chi connectivity index (χ2n) is 5.61. The smallest absolute Gasteiger partial charge is 0.316 e. The monoisotopic (exact) mass is 374 g/mol. The number of hydrogen-bond donors (Lipinski definition) is 1. The first kappa shape index (κ1) is 19.7. The van der Waals surface area contributed by atoms with Crippen molar-refractivity contribution in [2.75, 3.05) is 43.8 Å². The van der Waals surface area contributed by atoms with Crippen molar-refractivity contribution in [2.24, 2.45) is 0 Å². The van der Waals surface area contributed by atoms with Crippen molar-refractivity contribution in [1.82, 2.24) is 0 Å². The molecule has 0 saturated heterocycles. The number of rotatable bonds is 8. The minimum atomic E-state index is -0.441. The molecule has 0 atom stereocenters. The van der Waals surface area contributed by atoms with Gasteiger partial charge in [0.15, 0.2) is 6.61 Å². The van der Waals surface area contributed by atoms with E-state index in [9.17, 15) is 9.59 Å². The maximum absolute atomic E-state index is 11.9. The molecular formula is C19H22N2O4S. The number of thioether (sulfide) groups is 1. The second-order valence-corrected chi connectivity index (χ2v) is 6.66. The SMILES string of the molecule is COc1ccc(SCC(=O)OCC(=O)Nc2ccc(N(C)C)cc2)cc1. The van der Waals surface area contributed by atoms with Gasteiger partial charge in [0.2, 0.25) is 0 Å². The van der Waals surface area contributed by atoms with Crippen molar-refractivity contribution in [3.8, 4) is 5.75 Å². The maximum Gasteiger partial charge on any atom is 0.316 e. The Balaban J connectivity index is 1.71. The fourth-order valence-corrected chi connectivity index (χ4v) is 2.74. The Hall–Kier alpha value is -2.67. The van der Waals surface area contributed by atoms with E-state index in [4.69, 9.17) is 9.47 Å². The largest absolute Gasteiger partial charge is 0.497 e. The number of amides is 1. The first-order valence-electron chi connectivity index (χ1n) is 7.97. The van der Waals surface area contributed by atoms with E-state index in [0.29, 0.717) is 5.69 Å². The Morgan fingerprint density at radius 3 is 2.27 bits per heavy atom. The van der Waals surface area contributed by atoms with Crippen molar-refractivity contribution in [2.45, 2.75) is 4.90 Å². The molecule has 2 rings (SSSR count). The van der Waals surface area contributed by atoms with Crippen LogP contribution in [0.1, 0.15) is 0 Å². The predicted octanol–water partition coefficient (Wildman–Crippen LogP) is 3.04. The van der Waals surface area contributed by atoms with Crippen LogP contribution < -0.4 is 15.0 Å². The average Bonchev–Trinajstić information content (AvgIpc) is 2.65. The molecule has 7 heteroatoms. The molecule has 2 aromatic carbocycles. The van der Waals surface area contributed by atoms with E-state index >= 15 is 0 Å². The Kier molecular flexibility index (Phi) is 7.35. The number of carbonyl (C=O) groups excluding carboxylic acids is 2. The third-order valence-electron chi connectivity index (χ3n) is 3.45. The van der Waals surface area contributed by atoms with Crippen LogP contribution in [0.2, 0.25) is 0 Å². The van der Waals surface area contributed by atoms with Gasteiger partial charge in [0.05, 0.1) is 12.9 Å². The van der Waals surface area contributed by atoms with Crippen molar-refractivity contribution >= 4 is 35.0 Å². The van der Waals surface area contributed by atoms with Gasteiger partial charge in [0.25, 0.3) is 5.91 Å². The van der Waals surface area contributed by atoms with Gasteiger partial charge in [-0.3, -0.25) is 9.59 Å². The van der Waals surface area contributed by atoms with Crippen molar-refractivity contribution in [1.29, 1.82) is 0 Å². The first-order chi connectivity index (χ1) is 12.5. The molecule has 0 bridgehead atoms. The van der Waals surface area contributed by atoms with Crippen LogP contribution in [-0.2, 0) is 14.3 Å². The Labute approximate surface area is 157 Å². The normalized spacial score (nSPS) is 10.1. The van der Waals surface area contributed by atoms with Gasteiger partial charge in [-0.15, -0.1) is 11.8 Å². The van der Waals surface area contributed by atoms with E-state index < -0.39 is 5.97 Å². The molecule has 2 aromatic rings. The van der Waals surface area contributed by atoms with Gasteiger partial charge in [-0.2, -0.15) is 0 Å². The third-order valence-corrected chi connectivity index (χ3v) is 4.43. The molecule has 0 saturated carbocycles. The van der Waals surface area contributed by atoms with Gasteiger partial charge in [0.1, 0.15) is 5.75 Å². The lowest BCUT2D eigenvalue weighted by Crippen LogP contribution is -2.21. The van der Waals surface area contributed by atoms with Crippen LogP contribution in [0.15, 0.2) is 53.4 Å². The summed E-state index contributed by atoms with van der Waals surface area (Å²) in [5.74, 6) is 0.0819. The van der Waals surface area contributed by atoms with E-state index in [1.54, 1.807) is 19.2 Å². The minimum Gasteiger partial charge on any atom is -0.497 e. The highest BCUT2D eigenvalue weighted by atomic mass is 32.2. The molecule has 0 radical (unpaired) electrons. The van der Waals surface area contributed by atoms with Crippen molar-refractivity contribution in [3.05, 3.63) is 48.5 Å². The molecule has 0 aromatic heterocycles. The number of anilines is 2. The molecule has 0 aliphatic rings. The summed E-state index contributed by atoms with van der Waals surface area (Å²) in [5, 5.41) is 2.69. The average molecular weight is 374 g/mol. The Morgan fingerprint density at radius 2 is 1.69 bits per heavy atom. The molecule has 0 spiro atoms. The molecular weight excluding hydrogens is 352 g/mol. The molecule has 1 amide bonds. The fourth-order valence-electron chi connectivity index (χ4n) is 2.04. The molecule has 26 heavy (non-hydrogen) atoms. The molecule has 1 N–H and O–H groups in total. The van der Waals surface area contributed by atoms with E-state index in [0.717, 1.165) is 16.3 Å². The van der Waals surface area contributed by atoms with Crippen LogP contribution in [0.5, 0.6) is 5.75 Å². The number of benzene rings is 2. The number of ether oxygens (including phenoxy) is 2. The van der Waals surface area contributed by atoms with Crippen LogP contribution in [0.3, 0.4) is 0 Å². The molecule has 0 unspecified atom stereocenters. The van der Waals surface area contributed by atoms with Gasteiger partial charge >= 0.3 is 5.97 Å². The van der Waals surface area contributed by atoms with Crippen LogP contribution in [0.4, 0.5) is 11.4 Å². The van der Waals surface area contributed by atoms with Crippen LogP contribution in [0.25, 0.3) is 0 Å². The van der Waals surface area contributed by atoms with E-state index in [2.05, 4.69) is 5.32 Å². The summed E-state index contributed by atoms with van der Waals surface area (Å²) < 4.78 is 10.1. The second kappa shape index (κ2) is 9.72. The number of methoxy groups -OCH3 is 1. The zero-order chi connectivity index (χ0) is 18.9.